The Kier molecular flexibility index (Phi) is 3.63. The Morgan fingerprint density at radius 1 is 1.35 bits per heavy atom. The molecule has 0 bridgehead atoms. The zero-order valence-electron chi connectivity index (χ0n) is 13.3. The fourth-order valence-corrected chi connectivity index (χ4v) is 3.44. The minimum atomic E-state index is 0.209. The van der Waals surface area contributed by atoms with Crippen LogP contribution in [0.5, 0.6) is 0 Å². The third-order valence-electron chi connectivity index (χ3n) is 4.68. The van der Waals surface area contributed by atoms with Crippen LogP contribution in [0.1, 0.15) is 23.9 Å². The standard InChI is InChI=1S/C17H20N4O2/c1-20-11-18-19-17(20)15-7-13(22-2)9-21(15)8-12-10-23-16-6-4-3-5-14(12)16/h3-6,10-11,13,15H,7-9H2,1-2H3/t13-,15+/m1/s1. The molecule has 4 rings (SSSR count). The SMILES string of the molecule is CO[C@@H]1C[C@@H](c2nncn2C)N(Cc2coc3ccccc23)C1. The van der Waals surface area contributed by atoms with Gasteiger partial charge in [0, 0.05) is 38.2 Å². The second kappa shape index (κ2) is 5.79. The van der Waals surface area contributed by atoms with Crippen LogP contribution < -0.4 is 0 Å². The minimum Gasteiger partial charge on any atom is -0.464 e. The number of hydrogen-bond donors (Lipinski definition) is 0. The first kappa shape index (κ1) is 14.4. The maximum Gasteiger partial charge on any atom is 0.150 e. The van der Waals surface area contributed by atoms with E-state index >= 15 is 0 Å². The molecule has 3 aromatic rings. The first-order valence-electron chi connectivity index (χ1n) is 7.82. The Morgan fingerprint density at radius 3 is 3.00 bits per heavy atom. The Hall–Kier alpha value is -2.18. The fraction of sp³-hybridized carbons (Fsp3) is 0.412. The Balaban J connectivity index is 1.64. The molecule has 2 atom stereocenters. The van der Waals surface area contributed by atoms with Crippen molar-refractivity contribution in [2.24, 2.45) is 7.05 Å². The number of fused-ring (bicyclic) bond motifs is 1. The van der Waals surface area contributed by atoms with E-state index < -0.39 is 0 Å². The van der Waals surface area contributed by atoms with Gasteiger partial charge in [0.05, 0.1) is 18.4 Å². The normalized spacial score (nSPS) is 22.2. The number of methoxy groups -OCH3 is 1. The molecule has 23 heavy (non-hydrogen) atoms. The van der Waals surface area contributed by atoms with E-state index in [1.807, 2.05) is 36.1 Å². The summed E-state index contributed by atoms with van der Waals surface area (Å²) in [7, 11) is 3.76. The molecular formula is C17H20N4O2. The van der Waals surface area contributed by atoms with Crippen molar-refractivity contribution in [2.45, 2.75) is 25.1 Å². The molecule has 1 fully saturated rings. The smallest absolute Gasteiger partial charge is 0.150 e. The monoisotopic (exact) mass is 312 g/mol. The lowest BCUT2D eigenvalue weighted by Crippen LogP contribution is -2.26. The summed E-state index contributed by atoms with van der Waals surface area (Å²) in [6, 6.07) is 8.36. The zero-order chi connectivity index (χ0) is 15.8. The number of ether oxygens (including phenoxy) is 1. The first-order chi connectivity index (χ1) is 11.3. The molecule has 0 amide bonds. The molecule has 1 aromatic carbocycles. The highest BCUT2D eigenvalue weighted by atomic mass is 16.5. The van der Waals surface area contributed by atoms with Gasteiger partial charge in [-0.15, -0.1) is 10.2 Å². The predicted molar refractivity (Wildman–Crippen MR) is 85.8 cm³/mol. The molecule has 6 nitrogen and oxygen atoms in total. The number of rotatable bonds is 4. The van der Waals surface area contributed by atoms with Gasteiger partial charge in [0.1, 0.15) is 17.7 Å². The summed E-state index contributed by atoms with van der Waals surface area (Å²) >= 11 is 0. The van der Waals surface area contributed by atoms with Gasteiger partial charge in [-0.3, -0.25) is 4.90 Å². The van der Waals surface area contributed by atoms with Crippen LogP contribution in [-0.4, -0.2) is 39.4 Å². The number of benzene rings is 1. The highest BCUT2D eigenvalue weighted by Crippen LogP contribution is 2.34. The van der Waals surface area contributed by atoms with Gasteiger partial charge in [-0.1, -0.05) is 18.2 Å². The molecule has 0 radical (unpaired) electrons. The molecule has 3 heterocycles. The van der Waals surface area contributed by atoms with Gasteiger partial charge < -0.3 is 13.7 Å². The molecular weight excluding hydrogens is 292 g/mol. The maximum atomic E-state index is 5.67. The molecule has 0 saturated carbocycles. The lowest BCUT2D eigenvalue weighted by molar-refractivity contribution is 0.107. The van der Waals surface area contributed by atoms with Crippen molar-refractivity contribution < 1.29 is 9.15 Å². The van der Waals surface area contributed by atoms with E-state index in [9.17, 15) is 0 Å². The maximum absolute atomic E-state index is 5.67. The van der Waals surface area contributed by atoms with Crippen molar-refractivity contribution in [1.29, 1.82) is 0 Å². The van der Waals surface area contributed by atoms with Gasteiger partial charge in [-0.2, -0.15) is 0 Å². The van der Waals surface area contributed by atoms with Crippen LogP contribution in [-0.2, 0) is 18.3 Å². The van der Waals surface area contributed by atoms with E-state index in [0.29, 0.717) is 0 Å². The third kappa shape index (κ3) is 2.54. The molecule has 1 saturated heterocycles. The van der Waals surface area contributed by atoms with Crippen molar-refractivity contribution in [3.05, 3.63) is 48.2 Å². The van der Waals surface area contributed by atoms with Gasteiger partial charge in [0.2, 0.25) is 0 Å². The Labute approximate surface area is 134 Å². The van der Waals surface area contributed by atoms with E-state index in [1.54, 1.807) is 13.4 Å². The number of likely N-dealkylation sites (tertiary alicyclic amines) is 1. The van der Waals surface area contributed by atoms with Crippen LogP contribution in [0.25, 0.3) is 11.0 Å². The van der Waals surface area contributed by atoms with Gasteiger partial charge in [-0.05, 0) is 12.5 Å². The molecule has 0 N–H and O–H groups in total. The minimum absolute atomic E-state index is 0.209. The topological polar surface area (TPSA) is 56.3 Å². The van der Waals surface area contributed by atoms with E-state index in [-0.39, 0.29) is 12.1 Å². The van der Waals surface area contributed by atoms with Gasteiger partial charge in [0.15, 0.2) is 0 Å². The first-order valence-corrected chi connectivity index (χ1v) is 7.82. The van der Waals surface area contributed by atoms with Gasteiger partial charge >= 0.3 is 0 Å². The summed E-state index contributed by atoms with van der Waals surface area (Å²) in [4.78, 5) is 2.40. The summed E-state index contributed by atoms with van der Waals surface area (Å²) in [5.74, 6) is 0.984. The summed E-state index contributed by atoms with van der Waals surface area (Å²) in [5, 5.41) is 9.50. The second-order valence-corrected chi connectivity index (χ2v) is 6.10. The number of para-hydroxylation sites is 1. The predicted octanol–water partition coefficient (Wildman–Crippen LogP) is 2.52. The molecule has 0 spiro atoms. The van der Waals surface area contributed by atoms with Crippen LogP contribution in [0.2, 0.25) is 0 Å². The summed E-state index contributed by atoms with van der Waals surface area (Å²) in [6.45, 7) is 1.70. The van der Waals surface area contributed by atoms with Crippen LogP contribution in [0.15, 0.2) is 41.3 Å². The average Bonchev–Trinajstić information content (AvgIpc) is 3.27. The number of hydrogen-bond acceptors (Lipinski definition) is 5. The fourth-order valence-electron chi connectivity index (χ4n) is 3.44. The highest BCUT2D eigenvalue weighted by Gasteiger charge is 2.36. The number of aromatic nitrogens is 3. The quantitative estimate of drug-likeness (QED) is 0.741. The van der Waals surface area contributed by atoms with E-state index in [4.69, 9.17) is 9.15 Å². The molecule has 2 aromatic heterocycles. The van der Waals surface area contributed by atoms with E-state index in [2.05, 4.69) is 21.2 Å². The van der Waals surface area contributed by atoms with Crippen molar-refractivity contribution in [1.82, 2.24) is 19.7 Å². The van der Waals surface area contributed by atoms with Crippen molar-refractivity contribution in [3.63, 3.8) is 0 Å². The van der Waals surface area contributed by atoms with Crippen molar-refractivity contribution in [2.75, 3.05) is 13.7 Å². The number of nitrogens with zero attached hydrogens (tertiary/aromatic N) is 4. The zero-order valence-corrected chi connectivity index (χ0v) is 13.3. The number of furan rings is 1. The largest absolute Gasteiger partial charge is 0.464 e. The lowest BCUT2D eigenvalue weighted by atomic mass is 10.1. The highest BCUT2D eigenvalue weighted by molar-refractivity contribution is 5.80. The molecule has 1 aliphatic rings. The Bertz CT molecular complexity index is 810. The summed E-state index contributed by atoms with van der Waals surface area (Å²) < 4.78 is 13.3. The van der Waals surface area contributed by atoms with Crippen LogP contribution in [0.3, 0.4) is 0 Å². The van der Waals surface area contributed by atoms with Gasteiger partial charge in [0.25, 0.3) is 0 Å². The van der Waals surface area contributed by atoms with Crippen molar-refractivity contribution in [3.8, 4) is 0 Å². The summed E-state index contributed by atoms with van der Waals surface area (Å²) in [6.07, 6.45) is 4.76. The lowest BCUT2D eigenvalue weighted by Gasteiger charge is -2.22. The van der Waals surface area contributed by atoms with Crippen molar-refractivity contribution >= 4 is 11.0 Å². The molecule has 120 valence electrons. The van der Waals surface area contributed by atoms with Crippen LogP contribution in [0, 0.1) is 0 Å². The molecule has 0 aliphatic carbocycles. The number of aryl methyl sites for hydroxylation is 1. The second-order valence-electron chi connectivity index (χ2n) is 6.10. The molecule has 6 heteroatoms. The van der Waals surface area contributed by atoms with E-state index in [1.165, 1.54) is 10.9 Å². The summed E-state index contributed by atoms with van der Waals surface area (Å²) in [5.41, 5.74) is 2.13. The average molecular weight is 312 g/mol. The van der Waals surface area contributed by atoms with E-state index in [0.717, 1.165) is 30.9 Å². The molecule has 1 aliphatic heterocycles. The Morgan fingerprint density at radius 2 is 2.22 bits per heavy atom. The third-order valence-corrected chi connectivity index (χ3v) is 4.68. The van der Waals surface area contributed by atoms with Gasteiger partial charge in [-0.25, -0.2) is 0 Å². The van der Waals surface area contributed by atoms with Crippen LogP contribution in [0.4, 0.5) is 0 Å². The van der Waals surface area contributed by atoms with Crippen LogP contribution >= 0.6 is 0 Å². The molecule has 0 unspecified atom stereocenters.